The number of fused-ring (bicyclic) bond motifs is 1. The molecule has 0 fully saturated rings. The molecule has 2 aromatic heterocycles. The van der Waals surface area contributed by atoms with Crippen LogP contribution in [0.25, 0.3) is 22.3 Å². The molecule has 0 amide bonds. The Hall–Kier alpha value is -4.18. The largest absolute Gasteiger partial charge is 0.508 e. The predicted molar refractivity (Wildman–Crippen MR) is 131 cm³/mol. The molecule has 0 spiro atoms. The summed E-state index contributed by atoms with van der Waals surface area (Å²) in [6.45, 7) is 1.76. The molecule has 4 aromatic rings. The molecule has 35 heavy (non-hydrogen) atoms. The highest BCUT2D eigenvalue weighted by Crippen LogP contribution is 2.31. The summed E-state index contributed by atoms with van der Waals surface area (Å²) in [4.78, 5) is 42.4. The number of aromatic nitrogens is 4. The number of aromatic hydroxyl groups is 2. The van der Waals surface area contributed by atoms with Gasteiger partial charge in [-0.25, -0.2) is 9.78 Å². The highest BCUT2D eigenvalue weighted by molar-refractivity contribution is 5.71. The SMILES string of the molecule is Cn1c(=O)c2c(ncn2CCCN(CC=O)Cc2ccccc2-c2cc(O)cc(O)c2)n(C)c1=O. The Bertz CT molecular complexity index is 1480. The van der Waals surface area contributed by atoms with Crippen molar-refractivity contribution in [3.05, 3.63) is 75.2 Å². The van der Waals surface area contributed by atoms with Gasteiger partial charge in [-0.2, -0.15) is 0 Å². The van der Waals surface area contributed by atoms with Crippen LogP contribution in [-0.4, -0.2) is 53.2 Å². The molecule has 4 rings (SSSR count). The van der Waals surface area contributed by atoms with Gasteiger partial charge in [0.05, 0.1) is 12.9 Å². The highest BCUT2D eigenvalue weighted by Gasteiger charge is 2.15. The monoisotopic (exact) mass is 477 g/mol. The molecule has 0 atom stereocenters. The van der Waals surface area contributed by atoms with E-state index < -0.39 is 11.2 Å². The second-order valence-electron chi connectivity index (χ2n) is 8.47. The first kappa shape index (κ1) is 24.0. The van der Waals surface area contributed by atoms with Gasteiger partial charge in [0.25, 0.3) is 5.56 Å². The van der Waals surface area contributed by atoms with Crippen LogP contribution in [0.1, 0.15) is 12.0 Å². The molecular formula is C25H27N5O5. The fourth-order valence-electron chi connectivity index (χ4n) is 4.30. The van der Waals surface area contributed by atoms with Crippen molar-refractivity contribution in [1.29, 1.82) is 0 Å². The average Bonchev–Trinajstić information content (AvgIpc) is 3.25. The molecule has 2 N–H and O–H groups in total. The third kappa shape index (κ3) is 4.87. The number of hydrogen-bond acceptors (Lipinski definition) is 7. The summed E-state index contributed by atoms with van der Waals surface area (Å²) in [5.74, 6) is -0.0634. The van der Waals surface area contributed by atoms with Gasteiger partial charge in [0.2, 0.25) is 0 Å². The average molecular weight is 478 g/mol. The van der Waals surface area contributed by atoms with Crippen molar-refractivity contribution in [2.24, 2.45) is 14.1 Å². The summed E-state index contributed by atoms with van der Waals surface area (Å²) in [5.41, 5.74) is 2.35. The van der Waals surface area contributed by atoms with Crippen LogP contribution in [0, 0.1) is 0 Å². The van der Waals surface area contributed by atoms with Crippen LogP contribution in [0.3, 0.4) is 0 Å². The lowest BCUT2D eigenvalue weighted by Crippen LogP contribution is -2.37. The first-order valence-corrected chi connectivity index (χ1v) is 11.2. The van der Waals surface area contributed by atoms with E-state index in [1.54, 1.807) is 30.1 Å². The first-order valence-electron chi connectivity index (χ1n) is 11.2. The van der Waals surface area contributed by atoms with Gasteiger partial charge in [-0.1, -0.05) is 24.3 Å². The maximum absolute atomic E-state index is 12.6. The third-order valence-electron chi connectivity index (χ3n) is 6.05. The number of carbonyl (C=O) groups excluding carboxylic acids is 1. The summed E-state index contributed by atoms with van der Waals surface area (Å²) in [6.07, 6.45) is 3.04. The maximum Gasteiger partial charge on any atom is 0.332 e. The lowest BCUT2D eigenvalue weighted by Gasteiger charge is -2.22. The van der Waals surface area contributed by atoms with E-state index >= 15 is 0 Å². The second kappa shape index (κ2) is 9.98. The number of imidazole rings is 1. The van der Waals surface area contributed by atoms with Gasteiger partial charge < -0.3 is 19.6 Å². The topological polar surface area (TPSA) is 123 Å². The number of phenols is 2. The number of hydrogen-bond donors (Lipinski definition) is 2. The smallest absolute Gasteiger partial charge is 0.332 e. The molecule has 0 radical (unpaired) electrons. The lowest BCUT2D eigenvalue weighted by molar-refractivity contribution is -0.109. The molecule has 10 nitrogen and oxygen atoms in total. The lowest BCUT2D eigenvalue weighted by atomic mass is 9.98. The van der Waals surface area contributed by atoms with E-state index in [0.717, 1.165) is 22.0 Å². The molecule has 0 saturated heterocycles. The Balaban J connectivity index is 1.53. The van der Waals surface area contributed by atoms with Gasteiger partial charge in [-0.15, -0.1) is 0 Å². The van der Waals surface area contributed by atoms with Crippen molar-refractivity contribution in [3.8, 4) is 22.6 Å². The first-order chi connectivity index (χ1) is 16.8. The van der Waals surface area contributed by atoms with Crippen LogP contribution in [0.4, 0.5) is 0 Å². The Morgan fingerprint density at radius 1 is 1.03 bits per heavy atom. The number of rotatable bonds is 9. The number of nitrogens with zero attached hydrogens (tertiary/aromatic N) is 5. The van der Waals surface area contributed by atoms with Crippen LogP contribution < -0.4 is 11.2 Å². The molecule has 0 bridgehead atoms. The summed E-state index contributed by atoms with van der Waals surface area (Å²) in [6, 6.07) is 12.1. The third-order valence-corrected chi connectivity index (χ3v) is 6.05. The minimum atomic E-state index is -0.427. The van der Waals surface area contributed by atoms with Crippen molar-refractivity contribution in [1.82, 2.24) is 23.6 Å². The van der Waals surface area contributed by atoms with Crippen molar-refractivity contribution in [3.63, 3.8) is 0 Å². The Kier molecular flexibility index (Phi) is 6.83. The van der Waals surface area contributed by atoms with E-state index in [1.165, 1.54) is 17.7 Å². The van der Waals surface area contributed by atoms with Gasteiger partial charge >= 0.3 is 5.69 Å². The molecule has 0 aliphatic heterocycles. The normalized spacial score (nSPS) is 11.4. The molecule has 2 aromatic carbocycles. The van der Waals surface area contributed by atoms with E-state index in [1.807, 2.05) is 29.2 Å². The quantitative estimate of drug-likeness (QED) is 0.351. The summed E-state index contributed by atoms with van der Waals surface area (Å²) in [5, 5.41) is 19.8. The minimum Gasteiger partial charge on any atom is -0.508 e. The number of benzene rings is 2. The number of carbonyl (C=O) groups is 1. The fourth-order valence-corrected chi connectivity index (χ4v) is 4.30. The van der Waals surface area contributed by atoms with E-state index in [0.29, 0.717) is 42.8 Å². The van der Waals surface area contributed by atoms with Crippen LogP contribution in [0.5, 0.6) is 11.5 Å². The van der Waals surface area contributed by atoms with Gasteiger partial charge in [0.15, 0.2) is 11.2 Å². The summed E-state index contributed by atoms with van der Waals surface area (Å²) in [7, 11) is 3.02. The molecule has 0 unspecified atom stereocenters. The second-order valence-corrected chi connectivity index (χ2v) is 8.47. The zero-order valence-corrected chi connectivity index (χ0v) is 19.6. The maximum atomic E-state index is 12.6. The van der Waals surface area contributed by atoms with Crippen LogP contribution in [0.15, 0.2) is 58.4 Å². The zero-order chi connectivity index (χ0) is 25.1. The molecule has 10 heteroatoms. The van der Waals surface area contributed by atoms with Crippen LogP contribution in [-0.2, 0) is 32.0 Å². The van der Waals surface area contributed by atoms with Crippen molar-refractivity contribution >= 4 is 17.5 Å². The van der Waals surface area contributed by atoms with E-state index in [4.69, 9.17) is 0 Å². The molecule has 182 valence electrons. The zero-order valence-electron chi connectivity index (χ0n) is 19.6. The van der Waals surface area contributed by atoms with Crippen LogP contribution >= 0.6 is 0 Å². The molecule has 0 saturated carbocycles. The molecular weight excluding hydrogens is 450 g/mol. The van der Waals surface area contributed by atoms with Gasteiger partial charge in [-0.05, 0) is 35.2 Å². The minimum absolute atomic E-state index is 0.0317. The Morgan fingerprint density at radius 3 is 2.46 bits per heavy atom. The Labute approximate surface area is 200 Å². The van der Waals surface area contributed by atoms with Gasteiger partial charge in [-0.3, -0.25) is 18.8 Å². The van der Waals surface area contributed by atoms with Crippen LogP contribution in [0.2, 0.25) is 0 Å². The van der Waals surface area contributed by atoms with Crippen molar-refractivity contribution in [2.45, 2.75) is 19.5 Å². The standard InChI is InChI=1S/C25H27N5O5/c1-27-23-22(24(34)28(2)25(27)35)30(16-26-23)9-5-8-29(10-11-31)15-17-6-3-4-7-21(17)18-12-19(32)14-20(33)13-18/h3-4,6-7,11-14,16,32-33H,5,8-10,15H2,1-2H3. The molecule has 0 aliphatic rings. The van der Waals surface area contributed by atoms with E-state index in [-0.39, 0.29) is 18.0 Å². The summed E-state index contributed by atoms with van der Waals surface area (Å²) >= 11 is 0. The number of phenolic OH excluding ortho intramolecular Hbond substituents is 2. The van der Waals surface area contributed by atoms with Crippen molar-refractivity contribution in [2.75, 3.05) is 13.1 Å². The summed E-state index contributed by atoms with van der Waals surface area (Å²) < 4.78 is 4.15. The van der Waals surface area contributed by atoms with E-state index in [9.17, 15) is 24.6 Å². The number of aldehydes is 1. The Morgan fingerprint density at radius 2 is 1.74 bits per heavy atom. The molecule has 2 heterocycles. The fraction of sp³-hybridized carbons (Fsp3) is 0.280. The van der Waals surface area contributed by atoms with Crippen molar-refractivity contribution < 1.29 is 15.0 Å². The highest BCUT2D eigenvalue weighted by atomic mass is 16.3. The predicted octanol–water partition coefficient (Wildman–Crippen LogP) is 1.60. The van der Waals surface area contributed by atoms with E-state index in [2.05, 4.69) is 4.98 Å². The number of aryl methyl sites for hydroxylation is 2. The van der Waals surface area contributed by atoms with Gasteiger partial charge in [0.1, 0.15) is 17.8 Å². The van der Waals surface area contributed by atoms with Gasteiger partial charge in [0, 0.05) is 39.8 Å². The molecule has 0 aliphatic carbocycles.